The van der Waals surface area contributed by atoms with Gasteiger partial charge in [0.1, 0.15) is 11.3 Å². The number of nitrogens with one attached hydrogen (secondary N) is 1. The van der Waals surface area contributed by atoms with E-state index in [9.17, 15) is 9.59 Å². The summed E-state index contributed by atoms with van der Waals surface area (Å²) in [4.78, 5) is 27.3. The SMILES string of the molecule is Cc1ccc(C(=O)N2CCSCC2)cc1OC(=O)c1cn[nH]c1-c1ccsc1. The maximum atomic E-state index is 12.7. The number of aromatic nitrogens is 2. The van der Waals surface area contributed by atoms with Crippen LogP contribution in [-0.2, 0) is 0 Å². The summed E-state index contributed by atoms with van der Waals surface area (Å²) in [7, 11) is 0. The van der Waals surface area contributed by atoms with Gasteiger partial charge in [-0.2, -0.15) is 28.2 Å². The Morgan fingerprint density at radius 2 is 2.04 bits per heavy atom. The molecule has 1 aliphatic rings. The van der Waals surface area contributed by atoms with E-state index in [2.05, 4.69) is 10.2 Å². The van der Waals surface area contributed by atoms with Gasteiger partial charge in [0.05, 0.1) is 11.9 Å². The quantitative estimate of drug-likeness (QED) is 0.519. The molecule has 3 aromatic rings. The zero-order chi connectivity index (χ0) is 19.5. The highest BCUT2D eigenvalue weighted by Gasteiger charge is 2.22. The highest BCUT2D eigenvalue weighted by molar-refractivity contribution is 7.99. The number of thiophene rings is 1. The summed E-state index contributed by atoms with van der Waals surface area (Å²) < 4.78 is 5.64. The Kier molecular flexibility index (Phi) is 5.50. The fourth-order valence-electron chi connectivity index (χ4n) is 3.01. The molecule has 3 heterocycles. The van der Waals surface area contributed by atoms with Crippen LogP contribution in [0.5, 0.6) is 5.75 Å². The molecule has 1 saturated heterocycles. The van der Waals surface area contributed by atoms with E-state index in [0.29, 0.717) is 22.6 Å². The van der Waals surface area contributed by atoms with Crippen LogP contribution in [0, 0.1) is 6.92 Å². The van der Waals surface area contributed by atoms with Crippen molar-refractivity contribution in [2.45, 2.75) is 6.92 Å². The van der Waals surface area contributed by atoms with Gasteiger partial charge in [-0.3, -0.25) is 9.89 Å². The molecule has 2 aromatic heterocycles. The first-order valence-electron chi connectivity index (χ1n) is 8.89. The van der Waals surface area contributed by atoms with Gasteiger partial charge in [0.2, 0.25) is 0 Å². The molecule has 1 aromatic carbocycles. The van der Waals surface area contributed by atoms with Crippen molar-refractivity contribution in [3.05, 3.63) is 57.9 Å². The number of amides is 1. The maximum absolute atomic E-state index is 12.7. The Labute approximate surface area is 170 Å². The van der Waals surface area contributed by atoms with Crippen LogP contribution in [0.15, 0.2) is 41.2 Å². The number of carbonyl (C=O) groups is 2. The van der Waals surface area contributed by atoms with Crippen molar-refractivity contribution in [2.24, 2.45) is 0 Å². The van der Waals surface area contributed by atoms with Gasteiger partial charge in [-0.05, 0) is 36.1 Å². The zero-order valence-electron chi connectivity index (χ0n) is 15.3. The van der Waals surface area contributed by atoms with E-state index < -0.39 is 5.97 Å². The largest absolute Gasteiger partial charge is 0.423 e. The Bertz CT molecular complexity index is 992. The molecular formula is C20H19N3O3S2. The summed E-state index contributed by atoms with van der Waals surface area (Å²) in [5, 5.41) is 10.7. The van der Waals surface area contributed by atoms with Crippen LogP contribution in [0.25, 0.3) is 11.3 Å². The van der Waals surface area contributed by atoms with Gasteiger partial charge in [-0.25, -0.2) is 4.79 Å². The molecule has 1 aliphatic heterocycles. The minimum Gasteiger partial charge on any atom is -0.423 e. The number of hydrogen-bond donors (Lipinski definition) is 1. The van der Waals surface area contributed by atoms with Crippen LogP contribution in [0.4, 0.5) is 0 Å². The number of ether oxygens (including phenoxy) is 1. The second-order valence-corrected chi connectivity index (χ2v) is 8.45. The molecule has 8 heteroatoms. The molecule has 0 saturated carbocycles. The van der Waals surface area contributed by atoms with Gasteiger partial charge < -0.3 is 9.64 Å². The maximum Gasteiger partial charge on any atom is 0.347 e. The molecule has 1 amide bonds. The lowest BCUT2D eigenvalue weighted by Gasteiger charge is -2.26. The molecule has 0 atom stereocenters. The summed E-state index contributed by atoms with van der Waals surface area (Å²) >= 11 is 3.39. The lowest BCUT2D eigenvalue weighted by Crippen LogP contribution is -2.37. The van der Waals surface area contributed by atoms with E-state index in [4.69, 9.17) is 4.74 Å². The standard InChI is InChI=1S/C20H19N3O3S2/c1-13-2-3-14(19(24)23-5-8-27-9-6-23)10-17(13)26-20(25)16-11-21-22-18(16)15-4-7-28-12-15/h2-4,7,10-12H,5-6,8-9H2,1H3,(H,21,22). The fraction of sp³-hybridized carbons (Fsp3) is 0.250. The van der Waals surface area contributed by atoms with Crippen molar-refractivity contribution in [3.63, 3.8) is 0 Å². The predicted octanol–water partition coefficient (Wildman–Crippen LogP) is 3.85. The van der Waals surface area contributed by atoms with Gasteiger partial charge in [0.25, 0.3) is 5.91 Å². The second-order valence-electron chi connectivity index (χ2n) is 6.45. The first-order valence-corrected chi connectivity index (χ1v) is 11.0. The zero-order valence-corrected chi connectivity index (χ0v) is 16.9. The van der Waals surface area contributed by atoms with Crippen LogP contribution in [0.1, 0.15) is 26.3 Å². The average molecular weight is 414 g/mol. The number of aromatic amines is 1. The van der Waals surface area contributed by atoms with Crippen LogP contribution >= 0.6 is 23.1 Å². The van der Waals surface area contributed by atoms with Crippen LogP contribution in [0.2, 0.25) is 0 Å². The molecule has 28 heavy (non-hydrogen) atoms. The molecule has 6 nitrogen and oxygen atoms in total. The highest BCUT2D eigenvalue weighted by atomic mass is 32.2. The van der Waals surface area contributed by atoms with Crippen molar-refractivity contribution < 1.29 is 14.3 Å². The van der Waals surface area contributed by atoms with E-state index >= 15 is 0 Å². The average Bonchev–Trinajstić information content (AvgIpc) is 3.41. The predicted molar refractivity (Wildman–Crippen MR) is 111 cm³/mol. The molecule has 144 valence electrons. The molecule has 4 rings (SSSR count). The summed E-state index contributed by atoms with van der Waals surface area (Å²) in [5.74, 6) is 1.76. The first kappa shape index (κ1) is 18.8. The fourth-order valence-corrected chi connectivity index (χ4v) is 4.56. The van der Waals surface area contributed by atoms with E-state index in [1.54, 1.807) is 12.1 Å². The number of nitrogens with zero attached hydrogens (tertiary/aromatic N) is 2. The third-order valence-corrected chi connectivity index (χ3v) is 6.23. The number of benzene rings is 1. The molecule has 0 radical (unpaired) electrons. The van der Waals surface area contributed by atoms with E-state index in [0.717, 1.165) is 35.7 Å². The number of hydrogen-bond acceptors (Lipinski definition) is 6. The topological polar surface area (TPSA) is 75.3 Å². The van der Waals surface area contributed by atoms with Crippen molar-refractivity contribution in [1.29, 1.82) is 0 Å². The second kappa shape index (κ2) is 8.20. The van der Waals surface area contributed by atoms with Crippen molar-refractivity contribution in [2.75, 3.05) is 24.6 Å². The normalized spacial score (nSPS) is 14.1. The number of thioether (sulfide) groups is 1. The van der Waals surface area contributed by atoms with Gasteiger partial charge >= 0.3 is 5.97 Å². The van der Waals surface area contributed by atoms with Crippen molar-refractivity contribution in [3.8, 4) is 17.0 Å². The van der Waals surface area contributed by atoms with E-state index in [1.807, 2.05) is 46.5 Å². The lowest BCUT2D eigenvalue weighted by molar-refractivity contribution is 0.0726. The van der Waals surface area contributed by atoms with Crippen LogP contribution in [0.3, 0.4) is 0 Å². The van der Waals surface area contributed by atoms with E-state index in [-0.39, 0.29) is 5.91 Å². The van der Waals surface area contributed by atoms with Crippen molar-refractivity contribution in [1.82, 2.24) is 15.1 Å². The minimum atomic E-state index is -0.503. The highest BCUT2D eigenvalue weighted by Crippen LogP contribution is 2.27. The molecule has 0 spiro atoms. The molecule has 1 fully saturated rings. The van der Waals surface area contributed by atoms with Gasteiger partial charge in [-0.15, -0.1) is 0 Å². The van der Waals surface area contributed by atoms with Crippen LogP contribution in [-0.4, -0.2) is 51.6 Å². The molecule has 1 N–H and O–H groups in total. The lowest BCUT2D eigenvalue weighted by atomic mass is 10.1. The van der Waals surface area contributed by atoms with Crippen LogP contribution < -0.4 is 4.74 Å². The monoisotopic (exact) mass is 413 g/mol. The molecule has 0 aliphatic carbocycles. The van der Waals surface area contributed by atoms with Gasteiger partial charge in [0.15, 0.2) is 0 Å². The number of rotatable bonds is 4. The number of carbonyl (C=O) groups excluding carboxylic acids is 2. The number of esters is 1. The van der Waals surface area contributed by atoms with Gasteiger partial charge in [0, 0.05) is 41.1 Å². The molecule has 0 bridgehead atoms. The third-order valence-electron chi connectivity index (χ3n) is 4.61. The van der Waals surface area contributed by atoms with Crippen molar-refractivity contribution >= 4 is 35.0 Å². The van der Waals surface area contributed by atoms with E-state index in [1.165, 1.54) is 17.5 Å². The smallest absolute Gasteiger partial charge is 0.347 e. The first-order chi connectivity index (χ1) is 13.6. The van der Waals surface area contributed by atoms with Gasteiger partial charge in [-0.1, -0.05) is 6.07 Å². The summed E-state index contributed by atoms with van der Waals surface area (Å²) in [6.45, 7) is 3.33. The minimum absolute atomic E-state index is 0.0279. The Balaban J connectivity index is 1.56. The summed E-state index contributed by atoms with van der Waals surface area (Å²) in [6, 6.07) is 7.16. The Hall–Kier alpha value is -2.58. The number of H-pyrrole nitrogens is 1. The Morgan fingerprint density at radius 1 is 1.21 bits per heavy atom. The molecule has 0 unspecified atom stereocenters. The summed E-state index contributed by atoms with van der Waals surface area (Å²) in [5.41, 5.74) is 3.20. The third kappa shape index (κ3) is 3.83. The summed E-state index contributed by atoms with van der Waals surface area (Å²) in [6.07, 6.45) is 1.46. The molecular weight excluding hydrogens is 394 g/mol. The Morgan fingerprint density at radius 3 is 2.79 bits per heavy atom. The number of aryl methyl sites for hydroxylation is 1.